The van der Waals surface area contributed by atoms with E-state index in [0.29, 0.717) is 30.3 Å². The van der Waals surface area contributed by atoms with Crippen LogP contribution in [0.5, 0.6) is 17.2 Å². The van der Waals surface area contributed by atoms with Gasteiger partial charge >= 0.3 is 6.03 Å². The number of ether oxygens (including phenoxy) is 3. The second-order valence-electron chi connectivity index (χ2n) is 6.93. The van der Waals surface area contributed by atoms with Gasteiger partial charge in [0.25, 0.3) is 0 Å². The first kappa shape index (κ1) is 20.8. The van der Waals surface area contributed by atoms with Crippen LogP contribution in [0.1, 0.15) is 5.56 Å². The van der Waals surface area contributed by atoms with Gasteiger partial charge in [0.05, 0.1) is 27.0 Å². The standard InChI is InChI=1S/C22H29N3O4/c1-27-18-6-4-5-17(15-18)9-10-24-11-13-25(14-12-24)22(26)23-20-8-7-19(28-2)16-21(20)29-3/h4-8,15-16H,9-14H2,1-3H3,(H,23,26). The molecule has 0 aromatic heterocycles. The van der Waals surface area contributed by atoms with Crippen LogP contribution in [0.3, 0.4) is 0 Å². The highest BCUT2D eigenvalue weighted by molar-refractivity contribution is 5.91. The van der Waals surface area contributed by atoms with Crippen molar-refractivity contribution in [2.75, 3.05) is 59.4 Å². The molecule has 1 saturated heterocycles. The highest BCUT2D eigenvalue weighted by Crippen LogP contribution is 2.29. The Labute approximate surface area is 172 Å². The molecule has 2 amide bonds. The van der Waals surface area contributed by atoms with E-state index in [9.17, 15) is 4.79 Å². The van der Waals surface area contributed by atoms with Crippen LogP contribution in [0.2, 0.25) is 0 Å². The van der Waals surface area contributed by atoms with Crippen LogP contribution < -0.4 is 19.5 Å². The second-order valence-corrected chi connectivity index (χ2v) is 6.93. The lowest BCUT2D eigenvalue weighted by Crippen LogP contribution is -2.50. The first-order valence-electron chi connectivity index (χ1n) is 9.76. The van der Waals surface area contributed by atoms with E-state index in [1.165, 1.54) is 5.56 Å². The van der Waals surface area contributed by atoms with Crippen LogP contribution in [0.25, 0.3) is 0 Å². The molecule has 1 N–H and O–H groups in total. The van der Waals surface area contributed by atoms with E-state index in [-0.39, 0.29) is 6.03 Å². The molecule has 2 aromatic carbocycles. The van der Waals surface area contributed by atoms with Crippen molar-refractivity contribution in [1.29, 1.82) is 0 Å². The summed E-state index contributed by atoms with van der Waals surface area (Å²) in [6.07, 6.45) is 0.965. The third-order valence-corrected chi connectivity index (χ3v) is 5.16. The molecule has 3 rings (SSSR count). The van der Waals surface area contributed by atoms with Gasteiger partial charge in [0, 0.05) is 38.8 Å². The number of anilines is 1. The van der Waals surface area contributed by atoms with E-state index in [2.05, 4.69) is 22.3 Å². The Morgan fingerprint density at radius 3 is 2.34 bits per heavy atom. The summed E-state index contributed by atoms with van der Waals surface area (Å²) in [5, 5.41) is 2.94. The predicted octanol–water partition coefficient (Wildman–Crippen LogP) is 3.10. The lowest BCUT2D eigenvalue weighted by molar-refractivity contribution is 0.148. The van der Waals surface area contributed by atoms with Gasteiger partial charge in [-0.2, -0.15) is 0 Å². The zero-order valence-corrected chi connectivity index (χ0v) is 17.3. The third kappa shape index (κ3) is 5.54. The molecule has 0 radical (unpaired) electrons. The number of methoxy groups -OCH3 is 3. The molecule has 7 nitrogen and oxygen atoms in total. The van der Waals surface area contributed by atoms with Gasteiger partial charge in [-0.3, -0.25) is 4.90 Å². The van der Waals surface area contributed by atoms with Crippen LogP contribution in [-0.4, -0.2) is 69.9 Å². The molecule has 7 heteroatoms. The van der Waals surface area contributed by atoms with Crippen molar-refractivity contribution in [3.8, 4) is 17.2 Å². The molecule has 1 heterocycles. The van der Waals surface area contributed by atoms with E-state index in [1.54, 1.807) is 39.5 Å². The van der Waals surface area contributed by atoms with Gasteiger partial charge in [0.1, 0.15) is 17.2 Å². The van der Waals surface area contributed by atoms with Crippen molar-refractivity contribution in [2.45, 2.75) is 6.42 Å². The molecule has 0 bridgehead atoms. The lowest BCUT2D eigenvalue weighted by atomic mass is 10.1. The van der Waals surface area contributed by atoms with E-state index < -0.39 is 0 Å². The minimum absolute atomic E-state index is 0.110. The van der Waals surface area contributed by atoms with E-state index in [1.807, 2.05) is 17.0 Å². The molecule has 1 aliphatic heterocycles. The molecule has 0 aliphatic carbocycles. The fourth-order valence-corrected chi connectivity index (χ4v) is 3.39. The van der Waals surface area contributed by atoms with E-state index >= 15 is 0 Å². The van der Waals surface area contributed by atoms with E-state index in [4.69, 9.17) is 14.2 Å². The zero-order chi connectivity index (χ0) is 20.6. The molecule has 1 fully saturated rings. The molecule has 1 aliphatic rings. The van der Waals surface area contributed by atoms with Crippen molar-refractivity contribution in [3.05, 3.63) is 48.0 Å². The molecule has 0 unspecified atom stereocenters. The average Bonchev–Trinajstić information content (AvgIpc) is 2.78. The van der Waals surface area contributed by atoms with Gasteiger partial charge in [-0.05, 0) is 36.2 Å². The number of carbonyl (C=O) groups is 1. The van der Waals surface area contributed by atoms with Gasteiger partial charge in [-0.15, -0.1) is 0 Å². The fourth-order valence-electron chi connectivity index (χ4n) is 3.39. The summed E-state index contributed by atoms with van der Waals surface area (Å²) in [4.78, 5) is 16.9. The highest BCUT2D eigenvalue weighted by atomic mass is 16.5. The zero-order valence-electron chi connectivity index (χ0n) is 17.3. The summed E-state index contributed by atoms with van der Waals surface area (Å²) in [6.45, 7) is 4.08. The number of rotatable bonds is 7. The molecular weight excluding hydrogens is 370 g/mol. The smallest absolute Gasteiger partial charge is 0.322 e. The van der Waals surface area contributed by atoms with Gasteiger partial charge < -0.3 is 24.4 Å². The lowest BCUT2D eigenvalue weighted by Gasteiger charge is -2.34. The molecule has 156 valence electrons. The minimum Gasteiger partial charge on any atom is -0.497 e. The SMILES string of the molecule is COc1cccc(CCN2CCN(C(=O)Nc3ccc(OC)cc3OC)CC2)c1. The molecule has 2 aromatic rings. The van der Waals surface area contributed by atoms with Crippen LogP contribution in [-0.2, 0) is 6.42 Å². The topological polar surface area (TPSA) is 63.3 Å². The number of piperazine rings is 1. The first-order valence-corrected chi connectivity index (χ1v) is 9.76. The van der Waals surface area contributed by atoms with Crippen molar-refractivity contribution in [3.63, 3.8) is 0 Å². The van der Waals surface area contributed by atoms with Crippen molar-refractivity contribution in [1.82, 2.24) is 9.80 Å². The number of benzene rings is 2. The number of nitrogens with zero attached hydrogens (tertiary/aromatic N) is 2. The summed E-state index contributed by atoms with van der Waals surface area (Å²) in [6, 6.07) is 13.4. The maximum Gasteiger partial charge on any atom is 0.322 e. The average molecular weight is 399 g/mol. The summed E-state index contributed by atoms with van der Waals surface area (Å²) in [5.41, 5.74) is 1.90. The summed E-state index contributed by atoms with van der Waals surface area (Å²) >= 11 is 0. The molecule has 0 saturated carbocycles. The van der Waals surface area contributed by atoms with Gasteiger partial charge in [0.2, 0.25) is 0 Å². The first-order chi connectivity index (χ1) is 14.1. The highest BCUT2D eigenvalue weighted by Gasteiger charge is 2.22. The summed E-state index contributed by atoms with van der Waals surface area (Å²) in [7, 11) is 4.86. The number of hydrogen-bond acceptors (Lipinski definition) is 5. The number of carbonyl (C=O) groups excluding carboxylic acids is 1. The Hall–Kier alpha value is -2.93. The number of amides is 2. The van der Waals surface area contributed by atoms with Crippen LogP contribution in [0.15, 0.2) is 42.5 Å². The predicted molar refractivity (Wildman–Crippen MR) is 113 cm³/mol. The normalized spacial score (nSPS) is 14.4. The quantitative estimate of drug-likeness (QED) is 0.775. The molecule has 0 spiro atoms. The maximum absolute atomic E-state index is 12.6. The summed E-state index contributed by atoms with van der Waals surface area (Å²) in [5.74, 6) is 2.15. The van der Waals surface area contributed by atoms with Crippen molar-refractivity contribution < 1.29 is 19.0 Å². The van der Waals surface area contributed by atoms with Crippen molar-refractivity contribution >= 4 is 11.7 Å². The maximum atomic E-state index is 12.6. The Balaban J connectivity index is 1.48. The molecule has 29 heavy (non-hydrogen) atoms. The minimum atomic E-state index is -0.110. The number of hydrogen-bond donors (Lipinski definition) is 1. The number of nitrogens with one attached hydrogen (secondary N) is 1. The Bertz CT molecular complexity index is 819. The van der Waals surface area contributed by atoms with Crippen LogP contribution in [0, 0.1) is 0 Å². The fraction of sp³-hybridized carbons (Fsp3) is 0.409. The molecular formula is C22H29N3O4. The monoisotopic (exact) mass is 399 g/mol. The Kier molecular flexibility index (Phi) is 7.19. The van der Waals surface area contributed by atoms with Crippen LogP contribution >= 0.6 is 0 Å². The van der Waals surface area contributed by atoms with Crippen LogP contribution in [0.4, 0.5) is 10.5 Å². The van der Waals surface area contributed by atoms with Gasteiger partial charge in [-0.25, -0.2) is 4.79 Å². The molecule has 0 atom stereocenters. The Morgan fingerprint density at radius 1 is 0.931 bits per heavy atom. The second kappa shape index (κ2) is 10.0. The third-order valence-electron chi connectivity index (χ3n) is 5.16. The van der Waals surface area contributed by atoms with E-state index in [0.717, 1.165) is 31.8 Å². The largest absolute Gasteiger partial charge is 0.497 e. The van der Waals surface area contributed by atoms with Crippen molar-refractivity contribution in [2.24, 2.45) is 0 Å². The van der Waals surface area contributed by atoms with Gasteiger partial charge in [-0.1, -0.05) is 12.1 Å². The summed E-state index contributed by atoms with van der Waals surface area (Å²) < 4.78 is 15.8. The Morgan fingerprint density at radius 2 is 1.66 bits per heavy atom. The van der Waals surface area contributed by atoms with Gasteiger partial charge in [0.15, 0.2) is 0 Å². The number of urea groups is 1.